The van der Waals surface area contributed by atoms with Gasteiger partial charge in [0.05, 0.1) is 6.42 Å². The van der Waals surface area contributed by atoms with Crippen molar-refractivity contribution in [2.45, 2.75) is 39.3 Å². The minimum Gasteiger partial charge on any atom is -0.481 e. The first kappa shape index (κ1) is 14.9. The highest BCUT2D eigenvalue weighted by Gasteiger charge is 2.13. The van der Waals surface area contributed by atoms with Crippen LogP contribution in [0.4, 0.5) is 4.79 Å². The minimum atomic E-state index is -0.919. The number of nitrogens with one attached hydrogen (secondary N) is 2. The Morgan fingerprint density at radius 2 is 2.21 bits per heavy atom. The number of carbonyl (C=O) groups excluding carboxylic acids is 1. The van der Waals surface area contributed by atoms with Crippen LogP contribution in [-0.4, -0.2) is 28.1 Å². The maximum absolute atomic E-state index is 11.6. The van der Waals surface area contributed by atoms with Gasteiger partial charge in [0.15, 0.2) is 0 Å². The van der Waals surface area contributed by atoms with Crippen molar-refractivity contribution in [1.82, 2.24) is 15.6 Å². The molecule has 1 unspecified atom stereocenters. The predicted molar refractivity (Wildman–Crippen MR) is 70.7 cm³/mol. The van der Waals surface area contributed by atoms with E-state index in [1.165, 1.54) is 0 Å². The highest BCUT2D eigenvalue weighted by atomic mass is 16.4. The summed E-state index contributed by atoms with van der Waals surface area (Å²) in [6.07, 6.45) is 3.90. The zero-order valence-corrected chi connectivity index (χ0v) is 11.1. The van der Waals surface area contributed by atoms with Gasteiger partial charge in [-0.15, -0.1) is 0 Å². The molecule has 0 aliphatic heterocycles. The number of rotatable bonds is 6. The lowest BCUT2D eigenvalue weighted by Gasteiger charge is -2.15. The molecule has 1 aromatic heterocycles. The number of aryl methyl sites for hydroxylation is 1. The third-order valence-corrected chi connectivity index (χ3v) is 2.82. The maximum Gasteiger partial charge on any atom is 0.315 e. The summed E-state index contributed by atoms with van der Waals surface area (Å²) < 4.78 is 0. The largest absolute Gasteiger partial charge is 0.481 e. The number of aliphatic carboxylic acids is 1. The first-order valence-corrected chi connectivity index (χ1v) is 6.18. The zero-order valence-electron chi connectivity index (χ0n) is 11.1. The molecule has 0 aromatic carbocycles. The van der Waals surface area contributed by atoms with Crippen LogP contribution in [0.1, 0.15) is 30.9 Å². The van der Waals surface area contributed by atoms with E-state index in [1.54, 1.807) is 12.4 Å². The molecule has 1 heterocycles. The SMILES string of the molecule is CCC(CC(=O)O)NC(=O)NCc1ccncc1C. The van der Waals surface area contributed by atoms with Crippen LogP contribution in [0, 0.1) is 6.92 Å². The van der Waals surface area contributed by atoms with Gasteiger partial charge in [0.25, 0.3) is 0 Å². The van der Waals surface area contributed by atoms with Gasteiger partial charge >= 0.3 is 12.0 Å². The molecule has 1 atom stereocenters. The number of nitrogens with zero attached hydrogens (tertiary/aromatic N) is 1. The van der Waals surface area contributed by atoms with E-state index < -0.39 is 5.97 Å². The second kappa shape index (κ2) is 7.35. The molecular formula is C13H19N3O3. The standard InChI is InChI=1S/C13H19N3O3/c1-3-11(6-12(17)18)16-13(19)15-8-10-4-5-14-7-9(10)2/h4-5,7,11H,3,6,8H2,1-2H3,(H,17,18)(H2,15,16,19). The summed E-state index contributed by atoms with van der Waals surface area (Å²) in [4.78, 5) is 26.2. The van der Waals surface area contributed by atoms with Crippen LogP contribution in [0.3, 0.4) is 0 Å². The monoisotopic (exact) mass is 265 g/mol. The van der Waals surface area contributed by atoms with Crippen LogP contribution in [0.15, 0.2) is 18.5 Å². The van der Waals surface area contributed by atoms with Crippen LogP contribution in [-0.2, 0) is 11.3 Å². The lowest BCUT2D eigenvalue weighted by atomic mass is 10.1. The Morgan fingerprint density at radius 1 is 1.47 bits per heavy atom. The van der Waals surface area contributed by atoms with E-state index >= 15 is 0 Å². The Bertz CT molecular complexity index is 449. The molecular weight excluding hydrogens is 246 g/mol. The second-order valence-electron chi connectivity index (χ2n) is 4.33. The summed E-state index contributed by atoms with van der Waals surface area (Å²) in [6, 6.07) is 1.13. The van der Waals surface area contributed by atoms with E-state index in [4.69, 9.17) is 5.11 Å². The number of carbonyl (C=O) groups is 2. The van der Waals surface area contributed by atoms with Gasteiger partial charge in [0, 0.05) is 25.0 Å². The van der Waals surface area contributed by atoms with Crippen LogP contribution in [0.5, 0.6) is 0 Å². The Kier molecular flexibility index (Phi) is 5.78. The summed E-state index contributed by atoms with van der Waals surface area (Å²) in [6.45, 7) is 4.14. The van der Waals surface area contributed by atoms with E-state index in [2.05, 4.69) is 15.6 Å². The van der Waals surface area contributed by atoms with E-state index in [0.29, 0.717) is 13.0 Å². The molecule has 6 nitrogen and oxygen atoms in total. The predicted octanol–water partition coefficient (Wildman–Crippen LogP) is 1.44. The van der Waals surface area contributed by atoms with Crippen molar-refractivity contribution in [2.24, 2.45) is 0 Å². The molecule has 104 valence electrons. The molecule has 3 N–H and O–H groups in total. The van der Waals surface area contributed by atoms with Gasteiger partial charge in [-0.2, -0.15) is 0 Å². The number of amides is 2. The molecule has 0 spiro atoms. The van der Waals surface area contributed by atoms with Crippen LogP contribution < -0.4 is 10.6 Å². The van der Waals surface area contributed by atoms with E-state index in [1.807, 2.05) is 19.9 Å². The number of pyridine rings is 1. The average molecular weight is 265 g/mol. The normalized spacial score (nSPS) is 11.7. The first-order chi connectivity index (χ1) is 9.02. The third-order valence-electron chi connectivity index (χ3n) is 2.82. The summed E-state index contributed by atoms with van der Waals surface area (Å²) in [5.41, 5.74) is 1.98. The maximum atomic E-state index is 11.6. The number of hydrogen-bond donors (Lipinski definition) is 3. The third kappa shape index (κ3) is 5.37. The molecule has 0 aliphatic carbocycles. The summed E-state index contributed by atoms with van der Waals surface area (Å²) in [5, 5.41) is 14.0. The topological polar surface area (TPSA) is 91.3 Å². The van der Waals surface area contributed by atoms with Gasteiger partial charge in [0.2, 0.25) is 0 Å². The number of aromatic nitrogens is 1. The highest BCUT2D eigenvalue weighted by molar-refractivity contribution is 5.75. The van der Waals surface area contributed by atoms with Crippen LogP contribution >= 0.6 is 0 Å². The molecule has 1 rings (SSSR count). The van der Waals surface area contributed by atoms with Gasteiger partial charge in [-0.1, -0.05) is 6.92 Å². The van der Waals surface area contributed by atoms with Crippen molar-refractivity contribution in [3.8, 4) is 0 Å². The molecule has 1 aromatic rings. The summed E-state index contributed by atoms with van der Waals surface area (Å²) >= 11 is 0. The molecule has 0 saturated heterocycles. The number of carboxylic acid groups (broad SMARTS) is 1. The Hall–Kier alpha value is -2.11. The Morgan fingerprint density at radius 3 is 2.79 bits per heavy atom. The lowest BCUT2D eigenvalue weighted by molar-refractivity contribution is -0.137. The molecule has 0 aliphatic rings. The quantitative estimate of drug-likeness (QED) is 0.726. The number of urea groups is 1. The van der Waals surface area contributed by atoms with Gasteiger partial charge in [-0.3, -0.25) is 9.78 Å². The van der Waals surface area contributed by atoms with Crippen molar-refractivity contribution in [1.29, 1.82) is 0 Å². The molecule has 0 fully saturated rings. The average Bonchev–Trinajstić information content (AvgIpc) is 2.36. The molecule has 6 heteroatoms. The fourth-order valence-corrected chi connectivity index (χ4v) is 1.62. The second-order valence-corrected chi connectivity index (χ2v) is 4.33. The molecule has 0 bridgehead atoms. The van der Waals surface area contributed by atoms with Crippen LogP contribution in [0.2, 0.25) is 0 Å². The summed E-state index contributed by atoms with van der Waals surface area (Å²) in [5.74, 6) is -0.919. The van der Waals surface area contributed by atoms with Crippen molar-refractivity contribution in [3.05, 3.63) is 29.6 Å². The van der Waals surface area contributed by atoms with E-state index in [0.717, 1.165) is 11.1 Å². The Labute approximate surface area is 112 Å². The van der Waals surface area contributed by atoms with Crippen molar-refractivity contribution < 1.29 is 14.7 Å². The van der Waals surface area contributed by atoms with Gasteiger partial charge in [-0.25, -0.2) is 4.79 Å². The van der Waals surface area contributed by atoms with Gasteiger partial charge < -0.3 is 15.7 Å². The lowest BCUT2D eigenvalue weighted by Crippen LogP contribution is -2.42. The minimum absolute atomic E-state index is 0.0712. The molecule has 0 radical (unpaired) electrons. The smallest absolute Gasteiger partial charge is 0.315 e. The van der Waals surface area contributed by atoms with E-state index in [-0.39, 0.29) is 18.5 Å². The van der Waals surface area contributed by atoms with E-state index in [9.17, 15) is 9.59 Å². The zero-order chi connectivity index (χ0) is 14.3. The van der Waals surface area contributed by atoms with Gasteiger partial charge in [-0.05, 0) is 30.5 Å². The fourth-order valence-electron chi connectivity index (χ4n) is 1.62. The first-order valence-electron chi connectivity index (χ1n) is 6.18. The molecule has 0 saturated carbocycles. The van der Waals surface area contributed by atoms with Crippen molar-refractivity contribution >= 4 is 12.0 Å². The Balaban J connectivity index is 2.43. The molecule has 19 heavy (non-hydrogen) atoms. The summed E-state index contributed by atoms with van der Waals surface area (Å²) in [7, 11) is 0. The number of carboxylic acids is 1. The van der Waals surface area contributed by atoms with Crippen molar-refractivity contribution in [3.63, 3.8) is 0 Å². The van der Waals surface area contributed by atoms with Crippen molar-refractivity contribution in [2.75, 3.05) is 0 Å². The molecule has 2 amide bonds. The van der Waals surface area contributed by atoms with Crippen LogP contribution in [0.25, 0.3) is 0 Å². The van der Waals surface area contributed by atoms with Gasteiger partial charge in [0.1, 0.15) is 0 Å². The fraction of sp³-hybridized carbons (Fsp3) is 0.462. The number of hydrogen-bond acceptors (Lipinski definition) is 3. The highest BCUT2D eigenvalue weighted by Crippen LogP contribution is 2.04.